The smallest absolute Gasteiger partial charge is 0.245 e. The van der Waals surface area contributed by atoms with Crippen LogP contribution in [0.1, 0.15) is 57.9 Å². The molecule has 0 aliphatic carbocycles. The van der Waals surface area contributed by atoms with Crippen LogP contribution in [0.2, 0.25) is 0 Å². The zero-order chi connectivity index (χ0) is 20.3. The van der Waals surface area contributed by atoms with E-state index in [1.165, 1.54) is 0 Å². The highest BCUT2D eigenvalue weighted by Gasteiger charge is 2.40. The molecule has 0 spiro atoms. The van der Waals surface area contributed by atoms with E-state index in [9.17, 15) is 9.59 Å². The summed E-state index contributed by atoms with van der Waals surface area (Å²) in [6, 6.07) is 7.46. The third-order valence-electron chi connectivity index (χ3n) is 6.32. The van der Waals surface area contributed by atoms with Crippen molar-refractivity contribution in [3.63, 3.8) is 0 Å². The molecule has 0 saturated carbocycles. The number of piperidine rings is 1. The lowest BCUT2D eigenvalue weighted by atomic mass is 9.87. The summed E-state index contributed by atoms with van der Waals surface area (Å²) in [6.45, 7) is 8.72. The van der Waals surface area contributed by atoms with Gasteiger partial charge in [0.15, 0.2) is 0 Å². The van der Waals surface area contributed by atoms with Crippen molar-refractivity contribution >= 4 is 11.8 Å². The SMILES string of the molecule is COc1ccc(C(C(=O)N2CCC[C@@H]2C(=O)N2CCC(C)CC2)C(C)C)cc1. The summed E-state index contributed by atoms with van der Waals surface area (Å²) in [6.07, 6.45) is 3.81. The van der Waals surface area contributed by atoms with E-state index in [-0.39, 0.29) is 29.7 Å². The number of nitrogens with zero attached hydrogens (tertiary/aromatic N) is 2. The van der Waals surface area contributed by atoms with Gasteiger partial charge < -0.3 is 14.5 Å². The van der Waals surface area contributed by atoms with Gasteiger partial charge in [-0.15, -0.1) is 0 Å². The van der Waals surface area contributed by atoms with Gasteiger partial charge in [-0.25, -0.2) is 0 Å². The quantitative estimate of drug-likeness (QED) is 0.776. The summed E-state index contributed by atoms with van der Waals surface area (Å²) in [5, 5.41) is 0. The maximum absolute atomic E-state index is 13.5. The Labute approximate surface area is 169 Å². The van der Waals surface area contributed by atoms with Crippen molar-refractivity contribution in [2.75, 3.05) is 26.7 Å². The molecule has 2 heterocycles. The average Bonchev–Trinajstić information content (AvgIpc) is 3.18. The van der Waals surface area contributed by atoms with Gasteiger partial charge in [-0.3, -0.25) is 9.59 Å². The van der Waals surface area contributed by atoms with Gasteiger partial charge >= 0.3 is 0 Å². The first-order valence-corrected chi connectivity index (χ1v) is 10.7. The maximum atomic E-state index is 13.5. The second-order valence-electron chi connectivity index (χ2n) is 8.69. The lowest BCUT2D eigenvalue weighted by molar-refractivity contribution is -0.146. The number of carbonyl (C=O) groups excluding carboxylic acids is 2. The first kappa shape index (κ1) is 20.7. The summed E-state index contributed by atoms with van der Waals surface area (Å²) in [5.74, 6) is 1.63. The molecule has 3 rings (SSSR count). The number of hydrogen-bond acceptors (Lipinski definition) is 3. The molecule has 2 aliphatic rings. The number of methoxy groups -OCH3 is 1. The Morgan fingerprint density at radius 2 is 1.68 bits per heavy atom. The van der Waals surface area contributed by atoms with Crippen molar-refractivity contribution < 1.29 is 14.3 Å². The predicted octanol–water partition coefficient (Wildman–Crippen LogP) is 3.68. The summed E-state index contributed by atoms with van der Waals surface area (Å²) in [7, 11) is 1.64. The third-order valence-corrected chi connectivity index (χ3v) is 6.32. The van der Waals surface area contributed by atoms with Crippen LogP contribution in [0.15, 0.2) is 24.3 Å². The molecule has 2 fully saturated rings. The number of benzene rings is 1. The topological polar surface area (TPSA) is 49.9 Å². The van der Waals surface area contributed by atoms with E-state index in [2.05, 4.69) is 20.8 Å². The number of ether oxygens (including phenoxy) is 1. The van der Waals surface area contributed by atoms with Gasteiger partial charge in [0, 0.05) is 19.6 Å². The standard InChI is InChI=1S/C23H34N2O3/c1-16(2)21(18-7-9-19(28-4)10-8-18)23(27)25-13-5-6-20(25)22(26)24-14-11-17(3)12-15-24/h7-10,16-17,20-21H,5-6,11-15H2,1-4H3/t20-,21?/m1/s1. The molecule has 2 saturated heterocycles. The molecular weight excluding hydrogens is 352 g/mol. The highest BCUT2D eigenvalue weighted by atomic mass is 16.5. The Hall–Kier alpha value is -2.04. The average molecular weight is 387 g/mol. The van der Waals surface area contributed by atoms with Gasteiger partial charge in [-0.1, -0.05) is 32.9 Å². The maximum Gasteiger partial charge on any atom is 0.245 e. The minimum atomic E-state index is -0.291. The van der Waals surface area contributed by atoms with Crippen molar-refractivity contribution in [1.29, 1.82) is 0 Å². The van der Waals surface area contributed by atoms with E-state index < -0.39 is 0 Å². The Morgan fingerprint density at radius 3 is 2.25 bits per heavy atom. The lowest BCUT2D eigenvalue weighted by Gasteiger charge is -2.36. The van der Waals surface area contributed by atoms with Crippen molar-refractivity contribution in [3.05, 3.63) is 29.8 Å². The first-order valence-electron chi connectivity index (χ1n) is 10.7. The Bertz CT molecular complexity index is 678. The van der Waals surface area contributed by atoms with Crippen LogP contribution in [-0.4, -0.2) is 54.4 Å². The van der Waals surface area contributed by atoms with Crippen LogP contribution in [0.4, 0.5) is 0 Å². The van der Waals surface area contributed by atoms with E-state index >= 15 is 0 Å². The van der Waals surface area contributed by atoms with Gasteiger partial charge in [0.2, 0.25) is 11.8 Å². The van der Waals surface area contributed by atoms with Crippen molar-refractivity contribution in [3.8, 4) is 5.75 Å². The normalized spacial score (nSPS) is 21.8. The summed E-state index contributed by atoms with van der Waals surface area (Å²) in [4.78, 5) is 30.5. The van der Waals surface area contributed by atoms with Crippen LogP contribution >= 0.6 is 0 Å². The molecule has 0 radical (unpaired) electrons. The third kappa shape index (κ3) is 4.34. The van der Waals surface area contributed by atoms with Gasteiger partial charge in [0.1, 0.15) is 11.8 Å². The minimum absolute atomic E-state index is 0.0846. The molecule has 2 aliphatic heterocycles. The molecule has 2 atom stereocenters. The molecule has 0 N–H and O–H groups in total. The molecule has 0 bridgehead atoms. The highest BCUT2D eigenvalue weighted by Crippen LogP contribution is 2.32. The molecular formula is C23H34N2O3. The van der Waals surface area contributed by atoms with Crippen LogP contribution in [0.3, 0.4) is 0 Å². The largest absolute Gasteiger partial charge is 0.497 e. The monoisotopic (exact) mass is 386 g/mol. The van der Waals surface area contributed by atoms with E-state index in [0.717, 1.165) is 50.1 Å². The van der Waals surface area contributed by atoms with Crippen LogP contribution in [0.25, 0.3) is 0 Å². The Balaban J connectivity index is 1.76. The van der Waals surface area contributed by atoms with Crippen molar-refractivity contribution in [2.45, 2.75) is 58.4 Å². The predicted molar refractivity (Wildman–Crippen MR) is 110 cm³/mol. The van der Waals surface area contributed by atoms with Gasteiger partial charge in [0.25, 0.3) is 0 Å². The Kier molecular flexibility index (Phi) is 6.63. The summed E-state index contributed by atoms with van der Waals surface area (Å²) < 4.78 is 5.25. The van der Waals surface area contributed by atoms with Crippen LogP contribution < -0.4 is 4.74 Å². The number of amides is 2. The fourth-order valence-electron chi connectivity index (χ4n) is 4.53. The molecule has 5 nitrogen and oxygen atoms in total. The van der Waals surface area contributed by atoms with Crippen LogP contribution in [-0.2, 0) is 9.59 Å². The number of hydrogen-bond donors (Lipinski definition) is 0. The summed E-state index contributed by atoms with van der Waals surface area (Å²) >= 11 is 0. The lowest BCUT2D eigenvalue weighted by Crippen LogP contribution is -2.51. The molecule has 2 amide bonds. The Morgan fingerprint density at radius 1 is 1.04 bits per heavy atom. The first-order chi connectivity index (χ1) is 13.4. The summed E-state index contributed by atoms with van der Waals surface area (Å²) in [5.41, 5.74) is 0.991. The van der Waals surface area contributed by atoms with E-state index in [1.807, 2.05) is 34.1 Å². The molecule has 154 valence electrons. The second kappa shape index (κ2) is 8.97. The molecule has 0 aromatic heterocycles. The molecule has 28 heavy (non-hydrogen) atoms. The van der Waals surface area contributed by atoms with E-state index in [1.54, 1.807) is 7.11 Å². The van der Waals surface area contributed by atoms with Crippen molar-refractivity contribution in [1.82, 2.24) is 9.80 Å². The van der Waals surface area contributed by atoms with E-state index in [0.29, 0.717) is 12.5 Å². The number of carbonyl (C=O) groups is 2. The van der Waals surface area contributed by atoms with Crippen LogP contribution in [0.5, 0.6) is 5.75 Å². The molecule has 1 aromatic rings. The molecule has 5 heteroatoms. The fraction of sp³-hybridized carbons (Fsp3) is 0.652. The number of likely N-dealkylation sites (tertiary alicyclic amines) is 2. The molecule has 1 unspecified atom stereocenters. The fourth-order valence-corrected chi connectivity index (χ4v) is 4.53. The highest BCUT2D eigenvalue weighted by molar-refractivity contribution is 5.91. The molecule has 1 aromatic carbocycles. The van der Waals surface area contributed by atoms with Crippen LogP contribution in [0, 0.1) is 11.8 Å². The van der Waals surface area contributed by atoms with Gasteiger partial charge in [-0.2, -0.15) is 0 Å². The second-order valence-corrected chi connectivity index (χ2v) is 8.69. The van der Waals surface area contributed by atoms with Gasteiger partial charge in [0.05, 0.1) is 13.0 Å². The van der Waals surface area contributed by atoms with Gasteiger partial charge in [-0.05, 0) is 55.2 Å². The number of rotatable bonds is 5. The minimum Gasteiger partial charge on any atom is -0.497 e. The zero-order valence-electron chi connectivity index (χ0n) is 17.7. The van der Waals surface area contributed by atoms with E-state index in [4.69, 9.17) is 4.74 Å². The van der Waals surface area contributed by atoms with Crippen molar-refractivity contribution in [2.24, 2.45) is 11.8 Å². The zero-order valence-corrected chi connectivity index (χ0v) is 17.7.